The number of likely N-dealkylation sites (N-methyl/N-ethyl adjacent to an activating group) is 1. The van der Waals surface area contributed by atoms with E-state index in [9.17, 15) is 4.79 Å². The van der Waals surface area contributed by atoms with Gasteiger partial charge in [-0.3, -0.25) is 4.90 Å². The van der Waals surface area contributed by atoms with Crippen LogP contribution in [0.25, 0.3) is 0 Å². The number of rotatable bonds is 9. The van der Waals surface area contributed by atoms with Crippen LogP contribution in [0.2, 0.25) is 0 Å². The number of aldehydes is 1. The molecule has 2 fully saturated rings. The lowest BCUT2D eigenvalue weighted by Crippen LogP contribution is -2.46. The Balaban J connectivity index is 2.22. The van der Waals surface area contributed by atoms with Crippen LogP contribution >= 0.6 is 0 Å². The Hall–Kier alpha value is -1.66. The van der Waals surface area contributed by atoms with Crippen LogP contribution in [0.1, 0.15) is 39.5 Å². The summed E-state index contributed by atoms with van der Waals surface area (Å²) in [6, 6.07) is 0.528. The molecule has 0 bridgehead atoms. The molecule has 0 radical (unpaired) electrons. The molecule has 6 nitrogen and oxygen atoms in total. The molecular weight excluding hydrogens is 314 g/mol. The van der Waals surface area contributed by atoms with E-state index < -0.39 is 0 Å². The zero-order valence-corrected chi connectivity index (χ0v) is 15.8. The lowest BCUT2D eigenvalue weighted by atomic mass is 10.1. The number of allylic oxidation sites excluding steroid dienone is 2. The van der Waals surface area contributed by atoms with Crippen molar-refractivity contribution in [2.45, 2.75) is 57.7 Å². The number of carbonyl (C=O) groups is 1. The molecule has 140 valence electrons. The van der Waals surface area contributed by atoms with Gasteiger partial charge < -0.3 is 25.7 Å². The molecule has 25 heavy (non-hydrogen) atoms. The first-order chi connectivity index (χ1) is 12.1. The predicted molar refractivity (Wildman–Crippen MR) is 103 cm³/mol. The lowest BCUT2D eigenvalue weighted by molar-refractivity contribution is -0.112. The zero-order chi connectivity index (χ0) is 18.4. The number of hydrogen-bond acceptors (Lipinski definition) is 6. The van der Waals surface area contributed by atoms with Crippen LogP contribution in [0.15, 0.2) is 23.7 Å². The Morgan fingerprint density at radius 1 is 1.44 bits per heavy atom. The second kappa shape index (κ2) is 9.15. The second-order valence-corrected chi connectivity index (χ2v) is 6.92. The van der Waals surface area contributed by atoms with Crippen molar-refractivity contribution in [3.05, 3.63) is 23.7 Å². The molecule has 0 aliphatic carbocycles. The number of likely N-dealkylation sites (tertiary alicyclic amines) is 2. The van der Waals surface area contributed by atoms with Crippen molar-refractivity contribution in [2.24, 2.45) is 0 Å². The molecular formula is C19H33N5O. The fourth-order valence-electron chi connectivity index (χ4n) is 4.16. The number of nitrogens with one attached hydrogen (secondary N) is 3. The minimum absolute atomic E-state index is 0.0343. The zero-order valence-electron chi connectivity index (χ0n) is 15.8. The van der Waals surface area contributed by atoms with Gasteiger partial charge in [0.15, 0.2) is 0 Å². The molecule has 3 unspecified atom stereocenters. The van der Waals surface area contributed by atoms with Crippen LogP contribution in [0, 0.1) is 5.41 Å². The second-order valence-electron chi connectivity index (χ2n) is 6.92. The molecule has 3 atom stereocenters. The molecule has 0 spiro atoms. The highest BCUT2D eigenvalue weighted by Crippen LogP contribution is 2.36. The molecule has 0 saturated carbocycles. The maximum atomic E-state index is 11.4. The largest absolute Gasteiger partial charge is 0.385 e. The van der Waals surface area contributed by atoms with Crippen molar-refractivity contribution < 1.29 is 4.79 Å². The molecule has 0 aromatic rings. The summed E-state index contributed by atoms with van der Waals surface area (Å²) < 4.78 is 0. The van der Waals surface area contributed by atoms with Crippen molar-refractivity contribution in [1.82, 2.24) is 20.4 Å². The average molecular weight is 348 g/mol. The third-order valence-corrected chi connectivity index (χ3v) is 5.45. The van der Waals surface area contributed by atoms with Crippen molar-refractivity contribution >= 4 is 12.5 Å². The van der Waals surface area contributed by atoms with Gasteiger partial charge in [0.25, 0.3) is 0 Å². The fraction of sp³-hybridized carbons (Fsp3) is 0.684. The van der Waals surface area contributed by atoms with Crippen LogP contribution in [-0.4, -0.2) is 67.1 Å². The quantitative estimate of drug-likeness (QED) is 0.336. The van der Waals surface area contributed by atoms with E-state index in [0.717, 1.165) is 68.7 Å². The predicted octanol–water partition coefficient (Wildman–Crippen LogP) is 1.71. The highest BCUT2D eigenvalue weighted by Gasteiger charge is 2.42. The highest BCUT2D eigenvalue weighted by molar-refractivity contribution is 5.77. The molecule has 2 rings (SSSR count). The third kappa shape index (κ3) is 4.12. The number of carbonyl (C=O) groups excluding carboxylic acids is 1. The van der Waals surface area contributed by atoms with Crippen LogP contribution in [-0.2, 0) is 4.79 Å². The van der Waals surface area contributed by atoms with Crippen molar-refractivity contribution in [2.75, 3.05) is 26.7 Å². The van der Waals surface area contributed by atoms with Crippen LogP contribution in [0.4, 0.5) is 0 Å². The first kappa shape index (κ1) is 19.7. The number of nitrogens with zero attached hydrogens (tertiary/aromatic N) is 2. The van der Waals surface area contributed by atoms with Gasteiger partial charge in [0.2, 0.25) is 0 Å². The molecule has 0 aromatic heterocycles. The summed E-state index contributed by atoms with van der Waals surface area (Å²) >= 11 is 0. The van der Waals surface area contributed by atoms with E-state index in [1.807, 2.05) is 7.05 Å². The maximum Gasteiger partial charge on any atom is 0.137 e. The smallest absolute Gasteiger partial charge is 0.137 e. The fourth-order valence-corrected chi connectivity index (χ4v) is 4.16. The summed E-state index contributed by atoms with van der Waals surface area (Å²) in [4.78, 5) is 15.9. The Kier molecular flexibility index (Phi) is 7.20. The Bertz CT molecular complexity index is 530. The van der Waals surface area contributed by atoms with Gasteiger partial charge in [-0.05, 0) is 39.8 Å². The summed E-state index contributed by atoms with van der Waals surface area (Å²) in [5.74, 6) is 0. The molecule has 3 N–H and O–H groups in total. The minimum atomic E-state index is 0.0343. The SMILES string of the molecule is C=C1CC(N2CCCC2C=O)C(C)N1/C(C=N)=C(\CC)NCCNC. The summed E-state index contributed by atoms with van der Waals surface area (Å²) in [7, 11) is 1.93. The first-order valence-electron chi connectivity index (χ1n) is 9.39. The van der Waals surface area contributed by atoms with E-state index in [0.29, 0.717) is 0 Å². The lowest BCUT2D eigenvalue weighted by Gasteiger charge is -2.34. The Morgan fingerprint density at radius 2 is 2.20 bits per heavy atom. The summed E-state index contributed by atoms with van der Waals surface area (Å²) in [5.41, 5.74) is 3.02. The van der Waals surface area contributed by atoms with Crippen molar-refractivity contribution in [3.8, 4) is 0 Å². The topological polar surface area (TPSA) is 71.5 Å². The monoisotopic (exact) mass is 347 g/mol. The molecule has 0 amide bonds. The van der Waals surface area contributed by atoms with Gasteiger partial charge in [0.1, 0.15) is 6.29 Å². The van der Waals surface area contributed by atoms with E-state index in [4.69, 9.17) is 5.41 Å². The van der Waals surface area contributed by atoms with Crippen molar-refractivity contribution in [1.29, 1.82) is 5.41 Å². The summed E-state index contributed by atoms with van der Waals surface area (Å²) in [6.07, 6.45) is 6.27. The molecule has 2 heterocycles. The summed E-state index contributed by atoms with van der Waals surface area (Å²) in [6.45, 7) is 11.2. The molecule has 6 heteroatoms. The van der Waals surface area contributed by atoms with E-state index >= 15 is 0 Å². The first-order valence-corrected chi connectivity index (χ1v) is 9.39. The normalized spacial score (nSPS) is 28.2. The third-order valence-electron chi connectivity index (χ3n) is 5.45. The van der Waals surface area contributed by atoms with Gasteiger partial charge in [-0.1, -0.05) is 13.5 Å². The Labute approximate surface area is 151 Å². The van der Waals surface area contributed by atoms with E-state index in [1.54, 1.807) is 0 Å². The summed E-state index contributed by atoms with van der Waals surface area (Å²) in [5, 5.41) is 14.6. The minimum Gasteiger partial charge on any atom is -0.385 e. The molecule has 0 aromatic carbocycles. The van der Waals surface area contributed by atoms with Gasteiger partial charge in [-0.2, -0.15) is 0 Å². The maximum absolute atomic E-state index is 11.4. The molecule has 2 aliphatic rings. The van der Waals surface area contributed by atoms with E-state index in [-0.39, 0.29) is 18.1 Å². The van der Waals surface area contributed by atoms with Crippen LogP contribution in [0.5, 0.6) is 0 Å². The van der Waals surface area contributed by atoms with E-state index in [1.165, 1.54) is 6.21 Å². The van der Waals surface area contributed by atoms with Gasteiger partial charge in [-0.25, -0.2) is 0 Å². The van der Waals surface area contributed by atoms with Crippen LogP contribution in [0.3, 0.4) is 0 Å². The average Bonchev–Trinajstić information content (AvgIpc) is 3.19. The molecule has 2 aliphatic heterocycles. The number of hydrogen-bond donors (Lipinski definition) is 3. The van der Waals surface area contributed by atoms with E-state index in [2.05, 4.69) is 40.9 Å². The highest BCUT2D eigenvalue weighted by atomic mass is 16.1. The Morgan fingerprint density at radius 3 is 2.80 bits per heavy atom. The van der Waals surface area contributed by atoms with Gasteiger partial charge in [-0.15, -0.1) is 0 Å². The van der Waals surface area contributed by atoms with Gasteiger partial charge in [0.05, 0.1) is 11.7 Å². The van der Waals surface area contributed by atoms with Crippen LogP contribution < -0.4 is 10.6 Å². The standard InChI is InChI=1S/C19H33N5O/c1-5-17(22-9-8-21-4)19(12-20)24-14(2)11-18(15(24)3)23-10-6-7-16(23)13-25/h12-13,15-16,18,20-22H,2,5-11H2,1,3-4H3/b19-17+,20-12?. The van der Waals surface area contributed by atoms with Gasteiger partial charge in [0, 0.05) is 49.2 Å². The van der Waals surface area contributed by atoms with Crippen molar-refractivity contribution in [3.63, 3.8) is 0 Å². The van der Waals surface area contributed by atoms with Gasteiger partial charge >= 0.3 is 0 Å². The molecule has 2 saturated heterocycles.